The average Bonchev–Trinajstić information content (AvgIpc) is 2.91. The second-order valence-corrected chi connectivity index (χ2v) is 5.17. The predicted molar refractivity (Wildman–Crippen MR) is 86.0 cm³/mol. The van der Waals surface area contributed by atoms with Crippen LogP contribution >= 0.6 is 0 Å². The molecule has 0 aromatic heterocycles. The Hall–Kier alpha value is -2.82. The monoisotopic (exact) mass is 295 g/mol. The smallest absolute Gasteiger partial charge is 0.325 e. The van der Waals surface area contributed by atoms with Crippen molar-refractivity contribution in [3.8, 4) is 0 Å². The summed E-state index contributed by atoms with van der Waals surface area (Å²) in [6, 6.07) is 16.5. The fourth-order valence-electron chi connectivity index (χ4n) is 2.59. The number of hydrogen-bond donors (Lipinski definition) is 2. The molecule has 3 amide bonds. The van der Waals surface area contributed by atoms with Crippen molar-refractivity contribution in [2.24, 2.45) is 0 Å². The number of carbonyl (C=O) groups excluding carboxylic acids is 2. The van der Waals surface area contributed by atoms with Crippen molar-refractivity contribution < 1.29 is 9.59 Å². The van der Waals surface area contributed by atoms with Crippen LogP contribution in [0.1, 0.15) is 5.56 Å². The van der Waals surface area contributed by atoms with Gasteiger partial charge in [-0.05, 0) is 30.2 Å². The molecule has 1 aliphatic heterocycles. The van der Waals surface area contributed by atoms with Crippen LogP contribution in [0, 0.1) is 0 Å². The van der Waals surface area contributed by atoms with Gasteiger partial charge < -0.3 is 10.2 Å². The first-order valence-electron chi connectivity index (χ1n) is 7.21. The number of nitrogens with one attached hydrogen (secondary N) is 2. The van der Waals surface area contributed by atoms with Crippen LogP contribution < -0.4 is 15.5 Å². The van der Waals surface area contributed by atoms with Gasteiger partial charge in [0.15, 0.2) is 0 Å². The molecule has 2 N–H and O–H groups in total. The van der Waals surface area contributed by atoms with Gasteiger partial charge in [-0.15, -0.1) is 0 Å². The summed E-state index contributed by atoms with van der Waals surface area (Å²) >= 11 is 0. The van der Waals surface area contributed by atoms with Crippen LogP contribution in [0.15, 0.2) is 54.6 Å². The summed E-state index contributed by atoms with van der Waals surface area (Å²) in [5.74, 6) is -0.315. The Bertz CT molecular complexity index is 685. The maximum atomic E-state index is 12.0. The highest BCUT2D eigenvalue weighted by Crippen LogP contribution is 2.26. The zero-order valence-electron chi connectivity index (χ0n) is 12.1. The third-order valence-corrected chi connectivity index (χ3v) is 3.60. The molecular formula is C17H17N3O2. The Labute approximate surface area is 128 Å². The molecule has 0 spiro atoms. The molecule has 0 aliphatic carbocycles. The number of amides is 3. The van der Waals surface area contributed by atoms with Gasteiger partial charge in [-0.3, -0.25) is 10.1 Å². The van der Waals surface area contributed by atoms with E-state index in [1.165, 1.54) is 5.56 Å². The van der Waals surface area contributed by atoms with E-state index in [4.69, 9.17) is 0 Å². The van der Waals surface area contributed by atoms with Gasteiger partial charge in [0.2, 0.25) is 5.91 Å². The van der Waals surface area contributed by atoms with Crippen LogP contribution in [0.4, 0.5) is 16.2 Å². The van der Waals surface area contributed by atoms with E-state index in [2.05, 4.69) is 16.7 Å². The normalized spacial score (nSPS) is 12.6. The van der Waals surface area contributed by atoms with Crippen LogP contribution in [-0.2, 0) is 11.2 Å². The van der Waals surface area contributed by atoms with Crippen molar-refractivity contribution in [1.29, 1.82) is 0 Å². The Morgan fingerprint density at radius 2 is 1.73 bits per heavy atom. The quantitative estimate of drug-likeness (QED) is 0.914. The fourth-order valence-corrected chi connectivity index (χ4v) is 2.59. The zero-order chi connectivity index (χ0) is 15.4. The summed E-state index contributed by atoms with van der Waals surface area (Å²) in [4.78, 5) is 25.8. The number of para-hydroxylation sites is 2. The number of nitrogens with zero attached hydrogens (tertiary/aromatic N) is 1. The second kappa shape index (κ2) is 6.30. The molecule has 112 valence electrons. The third kappa shape index (κ3) is 3.25. The molecule has 5 heteroatoms. The van der Waals surface area contributed by atoms with E-state index in [1.54, 1.807) is 12.1 Å². The van der Waals surface area contributed by atoms with Gasteiger partial charge in [0.1, 0.15) is 0 Å². The van der Waals surface area contributed by atoms with Gasteiger partial charge in [-0.1, -0.05) is 36.4 Å². The predicted octanol–water partition coefficient (Wildman–Crippen LogP) is 2.40. The Morgan fingerprint density at radius 1 is 1.00 bits per heavy atom. The third-order valence-electron chi connectivity index (χ3n) is 3.60. The molecule has 3 rings (SSSR count). The number of rotatable bonds is 3. The zero-order valence-corrected chi connectivity index (χ0v) is 12.1. The van der Waals surface area contributed by atoms with E-state index in [0.717, 1.165) is 18.7 Å². The summed E-state index contributed by atoms with van der Waals surface area (Å²) in [7, 11) is 0. The average molecular weight is 295 g/mol. The van der Waals surface area contributed by atoms with Crippen molar-refractivity contribution in [3.05, 3.63) is 60.2 Å². The van der Waals surface area contributed by atoms with Gasteiger partial charge in [0.25, 0.3) is 0 Å². The number of imide groups is 1. The van der Waals surface area contributed by atoms with E-state index in [0.29, 0.717) is 5.69 Å². The first kappa shape index (κ1) is 14.1. The van der Waals surface area contributed by atoms with E-state index in [1.807, 2.05) is 41.3 Å². The second-order valence-electron chi connectivity index (χ2n) is 5.17. The number of benzene rings is 2. The van der Waals surface area contributed by atoms with Crippen LogP contribution in [0.3, 0.4) is 0 Å². The van der Waals surface area contributed by atoms with Crippen molar-refractivity contribution in [1.82, 2.24) is 5.32 Å². The topological polar surface area (TPSA) is 61.4 Å². The van der Waals surface area contributed by atoms with Gasteiger partial charge in [0.05, 0.1) is 6.54 Å². The lowest BCUT2D eigenvalue weighted by Gasteiger charge is -2.18. The molecular weight excluding hydrogens is 278 g/mol. The maximum Gasteiger partial charge on any atom is 0.325 e. The molecule has 1 heterocycles. The standard InChI is InChI=1S/C17H17N3O2/c21-16(19-17(22)18-14-7-2-1-3-8-14)12-20-11-10-13-6-4-5-9-15(13)20/h1-9H,10-12H2,(H2,18,19,21,22). The fraction of sp³-hybridized carbons (Fsp3) is 0.176. The van der Waals surface area contributed by atoms with E-state index < -0.39 is 6.03 Å². The van der Waals surface area contributed by atoms with Crippen LogP contribution in [0.5, 0.6) is 0 Å². The van der Waals surface area contributed by atoms with Crippen molar-refractivity contribution >= 4 is 23.3 Å². The largest absolute Gasteiger partial charge is 0.362 e. The maximum absolute atomic E-state index is 12.0. The van der Waals surface area contributed by atoms with E-state index >= 15 is 0 Å². The summed E-state index contributed by atoms with van der Waals surface area (Å²) < 4.78 is 0. The first-order chi connectivity index (χ1) is 10.7. The highest BCUT2D eigenvalue weighted by Gasteiger charge is 2.21. The molecule has 1 aliphatic rings. The van der Waals surface area contributed by atoms with Gasteiger partial charge in [0, 0.05) is 17.9 Å². The summed E-state index contributed by atoms with van der Waals surface area (Å²) in [6.45, 7) is 0.978. The Morgan fingerprint density at radius 3 is 2.55 bits per heavy atom. The van der Waals surface area contributed by atoms with Crippen molar-refractivity contribution in [3.63, 3.8) is 0 Å². The number of fused-ring (bicyclic) bond motifs is 1. The number of hydrogen-bond acceptors (Lipinski definition) is 3. The molecule has 0 saturated carbocycles. The van der Waals surface area contributed by atoms with Crippen LogP contribution in [0.25, 0.3) is 0 Å². The Balaban J connectivity index is 1.54. The molecule has 0 saturated heterocycles. The number of urea groups is 1. The highest BCUT2D eigenvalue weighted by molar-refractivity contribution is 6.02. The molecule has 0 fully saturated rings. The van der Waals surface area contributed by atoms with Gasteiger partial charge in [-0.25, -0.2) is 4.79 Å². The molecule has 0 unspecified atom stereocenters. The lowest BCUT2D eigenvalue weighted by atomic mass is 10.2. The minimum Gasteiger partial charge on any atom is -0.362 e. The van der Waals surface area contributed by atoms with E-state index in [9.17, 15) is 9.59 Å². The minimum atomic E-state index is -0.510. The summed E-state index contributed by atoms with van der Waals surface area (Å²) in [5.41, 5.74) is 2.96. The lowest BCUT2D eigenvalue weighted by molar-refractivity contribution is -0.118. The molecule has 0 radical (unpaired) electrons. The van der Waals surface area contributed by atoms with Gasteiger partial charge >= 0.3 is 6.03 Å². The van der Waals surface area contributed by atoms with Crippen molar-refractivity contribution in [2.75, 3.05) is 23.3 Å². The molecule has 2 aromatic carbocycles. The molecule has 5 nitrogen and oxygen atoms in total. The molecule has 22 heavy (non-hydrogen) atoms. The molecule has 0 bridgehead atoms. The summed E-state index contributed by atoms with van der Waals surface area (Å²) in [5, 5.41) is 4.98. The SMILES string of the molecule is O=C(CN1CCc2ccccc21)NC(=O)Nc1ccccc1. The minimum absolute atomic E-state index is 0.180. The van der Waals surface area contributed by atoms with Crippen LogP contribution in [0.2, 0.25) is 0 Å². The molecule has 0 atom stereocenters. The highest BCUT2D eigenvalue weighted by atomic mass is 16.2. The van der Waals surface area contributed by atoms with Gasteiger partial charge in [-0.2, -0.15) is 0 Å². The summed E-state index contributed by atoms with van der Waals surface area (Å²) in [6.07, 6.45) is 0.930. The number of carbonyl (C=O) groups is 2. The molecule has 2 aromatic rings. The van der Waals surface area contributed by atoms with Crippen LogP contribution in [-0.4, -0.2) is 25.0 Å². The van der Waals surface area contributed by atoms with E-state index in [-0.39, 0.29) is 12.5 Å². The number of anilines is 2. The first-order valence-corrected chi connectivity index (χ1v) is 7.21. The Kier molecular flexibility index (Phi) is 4.05. The van der Waals surface area contributed by atoms with Crippen molar-refractivity contribution in [2.45, 2.75) is 6.42 Å². The lowest BCUT2D eigenvalue weighted by Crippen LogP contribution is -2.41.